The Hall–Kier alpha value is -2.69. The highest BCUT2D eigenvalue weighted by atomic mass is 16.3. The van der Waals surface area contributed by atoms with Crippen LogP contribution in [0.5, 0.6) is 0 Å². The monoisotopic (exact) mass is 832 g/mol. The van der Waals surface area contributed by atoms with Crippen LogP contribution < -0.4 is 5.32 Å². The lowest BCUT2D eigenvalue weighted by molar-refractivity contribution is -0.123. The lowest BCUT2D eigenvalue weighted by Gasteiger charge is -2.19. The number of hydrogen-bond donors (Lipinski definition) is 3. The molecule has 0 fully saturated rings. The Morgan fingerprint density at radius 3 is 1.17 bits per heavy atom. The van der Waals surface area contributed by atoms with Gasteiger partial charge in [0.25, 0.3) is 0 Å². The second-order valence-corrected chi connectivity index (χ2v) is 16.8. The van der Waals surface area contributed by atoms with Crippen LogP contribution in [-0.2, 0) is 4.79 Å². The van der Waals surface area contributed by atoms with E-state index in [1.54, 1.807) is 6.08 Å². The summed E-state index contributed by atoms with van der Waals surface area (Å²) in [5.41, 5.74) is 0. The number of unbranched alkanes of at least 4 members (excludes halogenated alkanes) is 24. The highest BCUT2D eigenvalue weighted by molar-refractivity contribution is 5.76. The molecule has 4 heteroatoms. The number of amides is 1. The Kier molecular flexibility index (Phi) is 48.4. The predicted octanol–water partition coefficient (Wildman–Crippen LogP) is 16.6. The topological polar surface area (TPSA) is 69.6 Å². The van der Waals surface area contributed by atoms with Crippen LogP contribution in [0.2, 0.25) is 0 Å². The molecule has 0 aliphatic rings. The Morgan fingerprint density at radius 2 is 0.750 bits per heavy atom. The molecule has 0 radical (unpaired) electrons. The molecular weight excluding hydrogens is 735 g/mol. The summed E-state index contributed by atoms with van der Waals surface area (Å²) in [5, 5.41) is 23.1. The molecule has 2 unspecified atom stereocenters. The fraction of sp³-hybridized carbons (Fsp3) is 0.696. The van der Waals surface area contributed by atoms with Crippen molar-refractivity contribution in [3.05, 3.63) is 97.2 Å². The first-order chi connectivity index (χ1) is 29.7. The highest BCUT2D eigenvalue weighted by Crippen LogP contribution is 2.15. The van der Waals surface area contributed by atoms with Crippen LogP contribution in [0.3, 0.4) is 0 Å². The molecule has 0 rings (SSSR count). The van der Waals surface area contributed by atoms with Crippen molar-refractivity contribution in [2.24, 2.45) is 0 Å². The highest BCUT2D eigenvalue weighted by Gasteiger charge is 2.17. The summed E-state index contributed by atoms with van der Waals surface area (Å²) in [6, 6.07) is -0.663. The molecule has 4 nitrogen and oxygen atoms in total. The molecule has 60 heavy (non-hydrogen) atoms. The van der Waals surface area contributed by atoms with Gasteiger partial charge >= 0.3 is 0 Å². The third-order valence-electron chi connectivity index (χ3n) is 11.0. The van der Waals surface area contributed by atoms with Crippen molar-refractivity contribution in [1.29, 1.82) is 0 Å². The van der Waals surface area contributed by atoms with Crippen LogP contribution in [-0.4, -0.2) is 34.9 Å². The van der Waals surface area contributed by atoms with Crippen LogP contribution in [0.4, 0.5) is 0 Å². The van der Waals surface area contributed by atoms with Gasteiger partial charge in [0.1, 0.15) is 0 Å². The van der Waals surface area contributed by atoms with Crippen LogP contribution in [0, 0.1) is 0 Å². The minimum Gasteiger partial charge on any atom is -0.394 e. The van der Waals surface area contributed by atoms with Crippen LogP contribution in [0.15, 0.2) is 97.2 Å². The van der Waals surface area contributed by atoms with Crippen LogP contribution in [0.25, 0.3) is 0 Å². The fourth-order valence-corrected chi connectivity index (χ4v) is 7.18. The molecule has 0 aromatic rings. The zero-order valence-electron chi connectivity index (χ0n) is 39.4. The van der Waals surface area contributed by atoms with E-state index < -0.39 is 12.1 Å². The van der Waals surface area contributed by atoms with E-state index in [0.717, 1.165) is 83.5 Å². The van der Waals surface area contributed by atoms with Gasteiger partial charge in [-0.3, -0.25) is 4.79 Å². The van der Waals surface area contributed by atoms with E-state index in [2.05, 4.69) is 104 Å². The van der Waals surface area contributed by atoms with Gasteiger partial charge in [0.05, 0.1) is 18.8 Å². The first-order valence-electron chi connectivity index (χ1n) is 25.5. The standard InChI is InChI=1S/C56H97NO3/c1-3-5-7-9-11-13-15-17-19-21-23-25-26-27-28-29-30-32-33-35-37-39-41-43-45-47-49-51-55(59)54(53-58)57-56(60)52-50-48-46-44-42-40-38-36-34-31-24-22-20-18-16-14-12-10-8-6-4-2/h6,8,12,14,18,20,24,31,33,35-36,38,41,43,49,51,54-55,58-59H,3-5,7,9-11,13,15-17,19,21-23,25-30,32,34,37,39-40,42,44-48,50,52-53H2,1-2H3,(H,57,60)/b8-6-,14-12-,20-18-,31-24-,35-33+,38-36-,43-41+,51-49+. The molecule has 3 N–H and O–H groups in total. The second-order valence-electron chi connectivity index (χ2n) is 16.8. The van der Waals surface area contributed by atoms with E-state index in [1.807, 2.05) is 6.08 Å². The molecule has 0 aliphatic heterocycles. The third-order valence-corrected chi connectivity index (χ3v) is 11.0. The van der Waals surface area contributed by atoms with Gasteiger partial charge in [0, 0.05) is 6.42 Å². The second kappa shape index (κ2) is 50.7. The summed E-state index contributed by atoms with van der Waals surface area (Å²) >= 11 is 0. The van der Waals surface area contributed by atoms with Crippen LogP contribution in [0.1, 0.15) is 232 Å². The van der Waals surface area contributed by atoms with Crippen molar-refractivity contribution in [3.8, 4) is 0 Å². The lowest BCUT2D eigenvalue weighted by Crippen LogP contribution is -2.45. The summed E-state index contributed by atoms with van der Waals surface area (Å²) in [7, 11) is 0. The normalized spacial score (nSPS) is 13.7. The minimum absolute atomic E-state index is 0.0996. The summed E-state index contributed by atoms with van der Waals surface area (Å²) in [5.74, 6) is -0.0996. The van der Waals surface area contributed by atoms with Gasteiger partial charge in [-0.15, -0.1) is 0 Å². The van der Waals surface area contributed by atoms with Gasteiger partial charge in [-0.05, 0) is 89.9 Å². The maximum absolute atomic E-state index is 12.4. The van der Waals surface area contributed by atoms with Gasteiger partial charge in [-0.2, -0.15) is 0 Å². The Labute approximate surface area is 373 Å². The van der Waals surface area contributed by atoms with Gasteiger partial charge in [-0.1, -0.05) is 233 Å². The largest absolute Gasteiger partial charge is 0.394 e. The smallest absolute Gasteiger partial charge is 0.220 e. The van der Waals surface area contributed by atoms with Crippen LogP contribution >= 0.6 is 0 Å². The summed E-state index contributed by atoms with van der Waals surface area (Å²) in [6.07, 6.45) is 75.4. The maximum Gasteiger partial charge on any atom is 0.220 e. The molecule has 0 aromatic carbocycles. The SMILES string of the molecule is CC/C=C\C/C=C\C/C=C\C/C=C\C/C=C\CCCCCCCC(=O)NC(CO)C(O)/C=C/CC/C=C/CC/C=C/CCCCCCCCCCCCCCCCCCC. The average molecular weight is 832 g/mol. The van der Waals surface area contributed by atoms with E-state index in [9.17, 15) is 15.0 Å². The van der Waals surface area contributed by atoms with E-state index in [-0.39, 0.29) is 12.5 Å². The van der Waals surface area contributed by atoms with E-state index in [0.29, 0.717) is 6.42 Å². The Bertz CT molecular complexity index is 1130. The quantitative estimate of drug-likeness (QED) is 0.0423. The number of nitrogens with one attached hydrogen (secondary N) is 1. The van der Waals surface area contributed by atoms with Crippen molar-refractivity contribution in [3.63, 3.8) is 0 Å². The van der Waals surface area contributed by atoms with Gasteiger partial charge in [-0.25, -0.2) is 0 Å². The Balaban J connectivity index is 3.66. The molecule has 344 valence electrons. The molecule has 1 amide bonds. The molecule has 0 heterocycles. The number of carbonyl (C=O) groups excluding carboxylic acids is 1. The summed E-state index contributed by atoms with van der Waals surface area (Å²) in [6.45, 7) is 4.17. The van der Waals surface area contributed by atoms with E-state index in [4.69, 9.17) is 0 Å². The fourth-order valence-electron chi connectivity index (χ4n) is 7.18. The van der Waals surface area contributed by atoms with Crippen molar-refractivity contribution < 1.29 is 15.0 Å². The average Bonchev–Trinajstić information content (AvgIpc) is 3.25. The molecule has 0 spiro atoms. The first kappa shape index (κ1) is 57.3. The summed E-state index contributed by atoms with van der Waals surface area (Å²) in [4.78, 5) is 12.4. The number of hydrogen-bond acceptors (Lipinski definition) is 3. The van der Waals surface area contributed by atoms with Crippen molar-refractivity contribution >= 4 is 5.91 Å². The minimum atomic E-state index is -0.886. The van der Waals surface area contributed by atoms with E-state index >= 15 is 0 Å². The van der Waals surface area contributed by atoms with Crippen molar-refractivity contribution in [2.45, 2.75) is 244 Å². The van der Waals surface area contributed by atoms with E-state index in [1.165, 1.54) is 128 Å². The number of rotatable bonds is 45. The van der Waals surface area contributed by atoms with Gasteiger partial charge in [0.15, 0.2) is 0 Å². The molecule has 2 atom stereocenters. The zero-order valence-corrected chi connectivity index (χ0v) is 39.4. The third kappa shape index (κ3) is 46.4. The molecule has 0 aromatic heterocycles. The summed E-state index contributed by atoms with van der Waals surface area (Å²) < 4.78 is 0. The number of aliphatic hydroxyl groups is 2. The molecule has 0 bridgehead atoms. The van der Waals surface area contributed by atoms with Crippen molar-refractivity contribution in [1.82, 2.24) is 5.32 Å². The number of carbonyl (C=O) groups is 1. The lowest BCUT2D eigenvalue weighted by atomic mass is 10.0. The molecule has 0 saturated carbocycles. The molecule has 0 saturated heterocycles. The number of allylic oxidation sites excluding steroid dienone is 15. The van der Waals surface area contributed by atoms with Gasteiger partial charge in [0.2, 0.25) is 5.91 Å². The zero-order chi connectivity index (χ0) is 43.5. The first-order valence-corrected chi connectivity index (χ1v) is 25.5. The number of aliphatic hydroxyl groups excluding tert-OH is 2. The molecular formula is C56H97NO3. The maximum atomic E-state index is 12.4. The van der Waals surface area contributed by atoms with Crippen molar-refractivity contribution in [2.75, 3.05) is 6.61 Å². The molecule has 0 aliphatic carbocycles. The Morgan fingerprint density at radius 1 is 0.417 bits per heavy atom. The van der Waals surface area contributed by atoms with Gasteiger partial charge < -0.3 is 15.5 Å². The predicted molar refractivity (Wildman–Crippen MR) is 266 cm³/mol.